The molecule has 1 aliphatic rings. The van der Waals surface area contributed by atoms with E-state index in [2.05, 4.69) is 34.5 Å². The van der Waals surface area contributed by atoms with Crippen molar-refractivity contribution in [1.82, 2.24) is 15.1 Å². The number of nitrogens with one attached hydrogen (secondary N) is 1. The monoisotopic (exact) mass is 369 g/mol. The van der Waals surface area contributed by atoms with E-state index in [4.69, 9.17) is 11.6 Å². The van der Waals surface area contributed by atoms with Gasteiger partial charge in [0.25, 0.3) is 0 Å². The van der Waals surface area contributed by atoms with Crippen LogP contribution in [0.15, 0.2) is 60.7 Å². The molecule has 0 aromatic heterocycles. The molecule has 1 fully saturated rings. The molecular weight excluding hydrogens is 346 g/mol. The molecule has 0 unspecified atom stereocenters. The minimum absolute atomic E-state index is 0.000530. The number of nitrogens with zero attached hydrogens (tertiary/aromatic N) is 2. The molecule has 4 nitrogen and oxygen atoms in total. The number of carbonyl (C=O) groups is 1. The lowest BCUT2D eigenvalue weighted by molar-refractivity contribution is 0.146. The van der Waals surface area contributed by atoms with Gasteiger partial charge in [-0.15, -0.1) is 0 Å². The van der Waals surface area contributed by atoms with Gasteiger partial charge in [0.2, 0.25) is 0 Å². The molecule has 2 aromatic carbocycles. The standard InChI is InChI=1S/C21H24ClN3O/c22-20-10-8-19(9-11-20)17-23-21(26)25-15-13-24(14-16-25)12-4-7-18-5-2-1-3-6-18/h1-11H,12-17H2,(H,23,26)/b7-4+. The highest BCUT2D eigenvalue weighted by molar-refractivity contribution is 6.30. The van der Waals surface area contributed by atoms with E-state index in [-0.39, 0.29) is 6.03 Å². The molecule has 0 radical (unpaired) electrons. The van der Waals surface area contributed by atoms with E-state index >= 15 is 0 Å². The summed E-state index contributed by atoms with van der Waals surface area (Å²) in [5.74, 6) is 0. The SMILES string of the molecule is O=C(NCc1ccc(Cl)cc1)N1CCN(C/C=C/c2ccccc2)CC1. The zero-order valence-corrected chi connectivity index (χ0v) is 15.5. The van der Waals surface area contributed by atoms with Crippen LogP contribution in [0.4, 0.5) is 4.79 Å². The van der Waals surface area contributed by atoms with Crippen LogP contribution in [-0.4, -0.2) is 48.6 Å². The van der Waals surface area contributed by atoms with E-state index in [0.717, 1.165) is 38.3 Å². The Morgan fingerprint density at radius 2 is 1.69 bits per heavy atom. The molecule has 26 heavy (non-hydrogen) atoms. The molecule has 2 aromatic rings. The first kappa shape index (κ1) is 18.5. The van der Waals surface area contributed by atoms with Crippen molar-refractivity contribution in [2.45, 2.75) is 6.54 Å². The van der Waals surface area contributed by atoms with E-state index in [9.17, 15) is 4.79 Å². The van der Waals surface area contributed by atoms with E-state index < -0.39 is 0 Å². The number of carbonyl (C=O) groups excluding carboxylic acids is 1. The van der Waals surface area contributed by atoms with Gasteiger partial charge in [-0.25, -0.2) is 4.79 Å². The average molecular weight is 370 g/mol. The lowest BCUT2D eigenvalue weighted by Crippen LogP contribution is -2.51. The summed E-state index contributed by atoms with van der Waals surface area (Å²) in [4.78, 5) is 16.5. The van der Waals surface area contributed by atoms with Crippen molar-refractivity contribution in [2.24, 2.45) is 0 Å². The Hall–Kier alpha value is -2.30. The second-order valence-corrected chi connectivity index (χ2v) is 6.82. The van der Waals surface area contributed by atoms with Crippen molar-refractivity contribution in [3.63, 3.8) is 0 Å². The molecule has 0 bridgehead atoms. The summed E-state index contributed by atoms with van der Waals surface area (Å²) in [5, 5.41) is 3.69. The lowest BCUT2D eigenvalue weighted by atomic mass is 10.2. The number of amides is 2. The summed E-state index contributed by atoms with van der Waals surface area (Å²) >= 11 is 5.88. The van der Waals surface area contributed by atoms with Crippen molar-refractivity contribution in [3.8, 4) is 0 Å². The molecule has 1 saturated heterocycles. The van der Waals surface area contributed by atoms with Gasteiger partial charge in [0.1, 0.15) is 0 Å². The molecule has 136 valence electrons. The summed E-state index contributed by atoms with van der Waals surface area (Å²) in [6, 6.07) is 17.8. The van der Waals surface area contributed by atoms with Crippen molar-refractivity contribution < 1.29 is 4.79 Å². The topological polar surface area (TPSA) is 35.6 Å². The van der Waals surface area contributed by atoms with Crippen LogP contribution in [-0.2, 0) is 6.54 Å². The number of halogens is 1. The maximum absolute atomic E-state index is 12.3. The molecule has 0 atom stereocenters. The quantitative estimate of drug-likeness (QED) is 0.868. The van der Waals surface area contributed by atoms with Gasteiger partial charge in [-0.05, 0) is 23.3 Å². The Labute approximate surface area is 160 Å². The van der Waals surface area contributed by atoms with Crippen LogP contribution in [0.2, 0.25) is 5.02 Å². The molecule has 1 N–H and O–H groups in total. The van der Waals surface area contributed by atoms with Gasteiger partial charge >= 0.3 is 6.03 Å². The highest BCUT2D eigenvalue weighted by Gasteiger charge is 2.19. The lowest BCUT2D eigenvalue weighted by Gasteiger charge is -2.34. The predicted molar refractivity (Wildman–Crippen MR) is 107 cm³/mol. The van der Waals surface area contributed by atoms with Crippen LogP contribution in [0.5, 0.6) is 0 Å². The van der Waals surface area contributed by atoms with Gasteiger partial charge < -0.3 is 10.2 Å². The van der Waals surface area contributed by atoms with Gasteiger partial charge in [0.05, 0.1) is 0 Å². The molecule has 1 heterocycles. The second kappa shape index (κ2) is 9.41. The molecule has 0 aliphatic carbocycles. The van der Waals surface area contributed by atoms with Gasteiger partial charge in [-0.1, -0.05) is 66.2 Å². The maximum atomic E-state index is 12.3. The first-order valence-electron chi connectivity index (χ1n) is 8.92. The van der Waals surface area contributed by atoms with Crippen LogP contribution in [0.1, 0.15) is 11.1 Å². The smallest absolute Gasteiger partial charge is 0.317 e. The van der Waals surface area contributed by atoms with Crippen LogP contribution in [0, 0.1) is 0 Å². The van der Waals surface area contributed by atoms with Crippen molar-refractivity contribution in [2.75, 3.05) is 32.7 Å². The highest BCUT2D eigenvalue weighted by atomic mass is 35.5. The number of urea groups is 1. The summed E-state index contributed by atoms with van der Waals surface area (Å²) in [6.07, 6.45) is 4.33. The fourth-order valence-electron chi connectivity index (χ4n) is 2.93. The molecule has 0 saturated carbocycles. The minimum atomic E-state index is -0.000530. The Balaban J connectivity index is 1.38. The first-order valence-corrected chi connectivity index (χ1v) is 9.30. The Kier molecular flexibility index (Phi) is 6.69. The van der Waals surface area contributed by atoms with Crippen LogP contribution in [0.25, 0.3) is 6.08 Å². The zero-order valence-electron chi connectivity index (χ0n) is 14.8. The van der Waals surface area contributed by atoms with Crippen LogP contribution >= 0.6 is 11.6 Å². The van der Waals surface area contributed by atoms with Gasteiger partial charge in [0, 0.05) is 44.3 Å². The Morgan fingerprint density at radius 1 is 1.00 bits per heavy atom. The fraction of sp³-hybridized carbons (Fsp3) is 0.286. The molecule has 0 spiro atoms. The van der Waals surface area contributed by atoms with E-state index in [0.29, 0.717) is 11.6 Å². The highest BCUT2D eigenvalue weighted by Crippen LogP contribution is 2.10. The minimum Gasteiger partial charge on any atom is -0.334 e. The van der Waals surface area contributed by atoms with Crippen molar-refractivity contribution >= 4 is 23.7 Å². The number of piperazine rings is 1. The normalized spacial score (nSPS) is 15.3. The third-order valence-corrected chi connectivity index (χ3v) is 4.74. The molecule has 1 aliphatic heterocycles. The summed E-state index contributed by atoms with van der Waals surface area (Å²) < 4.78 is 0. The fourth-order valence-corrected chi connectivity index (χ4v) is 3.05. The Bertz CT molecular complexity index is 723. The van der Waals surface area contributed by atoms with Gasteiger partial charge in [-0.2, -0.15) is 0 Å². The van der Waals surface area contributed by atoms with E-state index in [1.165, 1.54) is 5.56 Å². The number of hydrogen-bond acceptors (Lipinski definition) is 2. The van der Waals surface area contributed by atoms with Crippen LogP contribution < -0.4 is 5.32 Å². The van der Waals surface area contributed by atoms with E-state index in [1.54, 1.807) is 0 Å². The second-order valence-electron chi connectivity index (χ2n) is 6.39. The number of hydrogen-bond donors (Lipinski definition) is 1. The summed E-state index contributed by atoms with van der Waals surface area (Å²) in [7, 11) is 0. The summed E-state index contributed by atoms with van der Waals surface area (Å²) in [5.41, 5.74) is 2.26. The Morgan fingerprint density at radius 3 is 2.38 bits per heavy atom. The number of benzene rings is 2. The molecule has 2 amide bonds. The third kappa shape index (κ3) is 5.61. The third-order valence-electron chi connectivity index (χ3n) is 4.49. The van der Waals surface area contributed by atoms with Gasteiger partial charge in [-0.3, -0.25) is 4.90 Å². The zero-order chi connectivity index (χ0) is 18.2. The van der Waals surface area contributed by atoms with Crippen molar-refractivity contribution in [3.05, 3.63) is 76.8 Å². The maximum Gasteiger partial charge on any atom is 0.317 e. The van der Waals surface area contributed by atoms with Crippen molar-refractivity contribution in [1.29, 1.82) is 0 Å². The average Bonchev–Trinajstić information content (AvgIpc) is 2.69. The van der Waals surface area contributed by atoms with Gasteiger partial charge in [0.15, 0.2) is 0 Å². The number of rotatable bonds is 5. The first-order chi connectivity index (χ1) is 12.7. The molecular formula is C21H24ClN3O. The molecule has 5 heteroatoms. The van der Waals surface area contributed by atoms with Crippen LogP contribution in [0.3, 0.4) is 0 Å². The van der Waals surface area contributed by atoms with E-state index in [1.807, 2.05) is 47.4 Å². The predicted octanol–water partition coefficient (Wildman–Crippen LogP) is 3.88. The molecule has 3 rings (SSSR count). The largest absolute Gasteiger partial charge is 0.334 e. The summed E-state index contributed by atoms with van der Waals surface area (Å²) in [6.45, 7) is 4.74.